The van der Waals surface area contributed by atoms with Crippen LogP contribution in [-0.4, -0.2) is 19.1 Å². The van der Waals surface area contributed by atoms with Crippen molar-refractivity contribution in [2.45, 2.75) is 6.54 Å². The summed E-state index contributed by atoms with van der Waals surface area (Å²) in [6.45, 7) is 0.824. The minimum Gasteiger partial charge on any atom is -0.496 e. The lowest BCUT2D eigenvalue weighted by molar-refractivity contribution is 0.413. The zero-order valence-corrected chi connectivity index (χ0v) is 8.42. The normalized spacial score (nSPS) is 10.7. The Morgan fingerprint density at radius 3 is 2.93 bits per heavy atom. The van der Waals surface area contributed by atoms with E-state index in [0.29, 0.717) is 0 Å². The first kappa shape index (κ1) is 9.09. The van der Waals surface area contributed by atoms with Crippen LogP contribution in [0.5, 0.6) is 5.75 Å². The van der Waals surface area contributed by atoms with Gasteiger partial charge in [-0.2, -0.15) is 0 Å². The highest BCUT2D eigenvalue weighted by Gasteiger charge is 2.07. The molecular weight excluding hydrogens is 176 g/mol. The zero-order chi connectivity index (χ0) is 9.97. The highest BCUT2D eigenvalue weighted by Crippen LogP contribution is 2.28. The lowest BCUT2D eigenvalue weighted by Gasteiger charge is -2.08. The number of hydrogen-bond donors (Lipinski definition) is 2. The standard InChI is InChI=1S/C11H14N2O/c1-12-7-8-3-4-10-9(5-6-13-10)11(8)14-2/h3-6,12-13H,7H2,1-2H3. The molecule has 14 heavy (non-hydrogen) atoms. The summed E-state index contributed by atoms with van der Waals surface area (Å²) in [4.78, 5) is 3.16. The number of rotatable bonds is 3. The average Bonchev–Trinajstić information content (AvgIpc) is 2.66. The van der Waals surface area contributed by atoms with E-state index in [1.807, 2.05) is 19.3 Å². The average molecular weight is 190 g/mol. The highest BCUT2D eigenvalue weighted by molar-refractivity contribution is 5.87. The van der Waals surface area contributed by atoms with Crippen molar-refractivity contribution in [3.05, 3.63) is 30.0 Å². The van der Waals surface area contributed by atoms with Gasteiger partial charge in [0.1, 0.15) is 5.75 Å². The van der Waals surface area contributed by atoms with Crippen LogP contribution in [-0.2, 0) is 6.54 Å². The maximum atomic E-state index is 5.41. The van der Waals surface area contributed by atoms with E-state index in [0.717, 1.165) is 23.2 Å². The molecule has 0 aliphatic rings. The maximum absolute atomic E-state index is 5.41. The van der Waals surface area contributed by atoms with Crippen molar-refractivity contribution in [2.24, 2.45) is 0 Å². The fraction of sp³-hybridized carbons (Fsp3) is 0.273. The second-order valence-corrected chi connectivity index (χ2v) is 3.23. The summed E-state index contributed by atoms with van der Waals surface area (Å²) in [7, 11) is 3.64. The molecule has 0 saturated heterocycles. The van der Waals surface area contributed by atoms with Gasteiger partial charge in [0.2, 0.25) is 0 Å². The van der Waals surface area contributed by atoms with E-state index in [4.69, 9.17) is 4.74 Å². The molecule has 0 amide bonds. The first-order chi connectivity index (χ1) is 6.86. The Labute approximate surface area is 83.1 Å². The van der Waals surface area contributed by atoms with Crippen molar-refractivity contribution in [1.82, 2.24) is 10.3 Å². The van der Waals surface area contributed by atoms with Crippen molar-refractivity contribution < 1.29 is 4.74 Å². The zero-order valence-electron chi connectivity index (χ0n) is 8.42. The van der Waals surface area contributed by atoms with Gasteiger partial charge in [-0.15, -0.1) is 0 Å². The van der Waals surface area contributed by atoms with Gasteiger partial charge in [-0.25, -0.2) is 0 Å². The number of hydrogen-bond acceptors (Lipinski definition) is 2. The van der Waals surface area contributed by atoms with Gasteiger partial charge in [0.05, 0.1) is 7.11 Å². The quantitative estimate of drug-likeness (QED) is 0.775. The Balaban J connectivity index is 2.60. The molecule has 1 heterocycles. The summed E-state index contributed by atoms with van der Waals surface area (Å²) < 4.78 is 5.41. The predicted molar refractivity (Wildman–Crippen MR) is 57.6 cm³/mol. The van der Waals surface area contributed by atoms with Crippen LogP contribution in [0, 0.1) is 0 Å². The third kappa shape index (κ3) is 1.36. The molecule has 1 aromatic heterocycles. The Morgan fingerprint density at radius 1 is 1.36 bits per heavy atom. The van der Waals surface area contributed by atoms with Crippen LogP contribution in [0.2, 0.25) is 0 Å². The Kier molecular flexibility index (Phi) is 2.41. The number of aromatic nitrogens is 1. The topological polar surface area (TPSA) is 37.0 Å². The largest absolute Gasteiger partial charge is 0.496 e. The first-order valence-corrected chi connectivity index (χ1v) is 4.64. The van der Waals surface area contributed by atoms with Crippen molar-refractivity contribution in [3.63, 3.8) is 0 Å². The third-order valence-electron chi connectivity index (χ3n) is 2.34. The summed E-state index contributed by atoms with van der Waals surface area (Å²) in [6.07, 6.45) is 1.93. The minimum atomic E-state index is 0.824. The van der Waals surface area contributed by atoms with Crippen LogP contribution in [0.15, 0.2) is 24.4 Å². The fourth-order valence-electron chi connectivity index (χ4n) is 1.72. The molecule has 2 aromatic rings. The van der Waals surface area contributed by atoms with Crippen LogP contribution >= 0.6 is 0 Å². The molecule has 0 spiro atoms. The molecular formula is C11H14N2O. The summed E-state index contributed by atoms with van der Waals surface area (Å²) >= 11 is 0. The molecule has 74 valence electrons. The number of H-pyrrole nitrogens is 1. The first-order valence-electron chi connectivity index (χ1n) is 4.64. The molecule has 3 nitrogen and oxygen atoms in total. The lowest BCUT2D eigenvalue weighted by atomic mass is 10.1. The molecule has 1 aromatic carbocycles. The number of fused-ring (bicyclic) bond motifs is 1. The molecule has 0 aliphatic carbocycles. The van der Waals surface area contributed by atoms with Crippen LogP contribution in [0.25, 0.3) is 10.9 Å². The van der Waals surface area contributed by atoms with Crippen molar-refractivity contribution in [1.29, 1.82) is 0 Å². The second-order valence-electron chi connectivity index (χ2n) is 3.23. The Hall–Kier alpha value is -1.48. The van der Waals surface area contributed by atoms with Gasteiger partial charge in [0.15, 0.2) is 0 Å². The molecule has 2 N–H and O–H groups in total. The van der Waals surface area contributed by atoms with Gasteiger partial charge in [-0.05, 0) is 19.2 Å². The molecule has 0 fully saturated rings. The predicted octanol–water partition coefficient (Wildman–Crippen LogP) is 1.90. The van der Waals surface area contributed by atoms with Crippen LogP contribution < -0.4 is 10.1 Å². The van der Waals surface area contributed by atoms with Gasteiger partial charge in [0, 0.05) is 29.2 Å². The van der Waals surface area contributed by atoms with Crippen molar-refractivity contribution in [3.8, 4) is 5.75 Å². The summed E-state index contributed by atoms with van der Waals surface area (Å²) in [5.74, 6) is 0.957. The van der Waals surface area contributed by atoms with Gasteiger partial charge in [-0.3, -0.25) is 0 Å². The van der Waals surface area contributed by atoms with Gasteiger partial charge in [0.25, 0.3) is 0 Å². The number of methoxy groups -OCH3 is 1. The van der Waals surface area contributed by atoms with Gasteiger partial charge < -0.3 is 15.0 Å². The van der Waals surface area contributed by atoms with Crippen LogP contribution in [0.4, 0.5) is 0 Å². The highest BCUT2D eigenvalue weighted by atomic mass is 16.5. The fourth-order valence-corrected chi connectivity index (χ4v) is 1.72. The van der Waals surface area contributed by atoms with E-state index < -0.39 is 0 Å². The lowest BCUT2D eigenvalue weighted by Crippen LogP contribution is -2.06. The molecule has 0 saturated carbocycles. The SMILES string of the molecule is CNCc1ccc2[nH]ccc2c1OC. The van der Waals surface area contributed by atoms with Crippen molar-refractivity contribution in [2.75, 3.05) is 14.2 Å². The van der Waals surface area contributed by atoms with Gasteiger partial charge in [-0.1, -0.05) is 6.07 Å². The number of nitrogens with one attached hydrogen (secondary N) is 2. The molecule has 0 bridgehead atoms. The molecule has 2 rings (SSSR count). The monoisotopic (exact) mass is 190 g/mol. The molecule has 0 aliphatic heterocycles. The molecule has 0 unspecified atom stereocenters. The van der Waals surface area contributed by atoms with E-state index >= 15 is 0 Å². The van der Waals surface area contributed by atoms with E-state index in [-0.39, 0.29) is 0 Å². The Bertz CT molecular complexity index is 434. The number of benzene rings is 1. The van der Waals surface area contributed by atoms with Crippen LogP contribution in [0.3, 0.4) is 0 Å². The van der Waals surface area contributed by atoms with E-state index in [9.17, 15) is 0 Å². The Morgan fingerprint density at radius 2 is 2.21 bits per heavy atom. The van der Waals surface area contributed by atoms with E-state index in [1.54, 1.807) is 7.11 Å². The van der Waals surface area contributed by atoms with Gasteiger partial charge >= 0.3 is 0 Å². The maximum Gasteiger partial charge on any atom is 0.132 e. The third-order valence-corrected chi connectivity index (χ3v) is 2.34. The second kappa shape index (κ2) is 3.72. The van der Waals surface area contributed by atoms with Crippen molar-refractivity contribution >= 4 is 10.9 Å². The molecule has 0 radical (unpaired) electrons. The molecule has 3 heteroatoms. The number of ether oxygens (including phenoxy) is 1. The van der Waals surface area contributed by atoms with E-state index in [2.05, 4.69) is 22.4 Å². The minimum absolute atomic E-state index is 0.824. The molecule has 0 atom stereocenters. The summed E-state index contributed by atoms with van der Waals surface area (Å²) in [5, 5.41) is 4.26. The summed E-state index contributed by atoms with van der Waals surface area (Å²) in [5.41, 5.74) is 2.30. The number of aromatic amines is 1. The van der Waals surface area contributed by atoms with E-state index in [1.165, 1.54) is 5.56 Å². The van der Waals surface area contributed by atoms with Crippen LogP contribution in [0.1, 0.15) is 5.56 Å². The summed E-state index contributed by atoms with van der Waals surface area (Å²) in [6, 6.07) is 6.19. The smallest absolute Gasteiger partial charge is 0.132 e.